The number of nitrogens with two attached hydrogens (primary N) is 1. The molecule has 0 unspecified atom stereocenters. The first-order valence-corrected chi connectivity index (χ1v) is 8.51. The molecule has 0 aliphatic rings. The summed E-state index contributed by atoms with van der Waals surface area (Å²) in [5, 5.41) is 4.57. The van der Waals surface area contributed by atoms with Gasteiger partial charge in [0.25, 0.3) is 0 Å². The van der Waals surface area contributed by atoms with Gasteiger partial charge in [-0.05, 0) is 6.42 Å². The highest BCUT2D eigenvalue weighted by molar-refractivity contribution is 5.92. The molecule has 0 aromatic carbocycles. The summed E-state index contributed by atoms with van der Waals surface area (Å²) in [7, 11) is 0. The van der Waals surface area contributed by atoms with Gasteiger partial charge in [-0.2, -0.15) is 0 Å². The Labute approximate surface area is 129 Å². The van der Waals surface area contributed by atoms with Crippen molar-refractivity contribution in [3.63, 3.8) is 0 Å². The minimum atomic E-state index is -0.817. The first kappa shape index (κ1) is 19.7. The van der Waals surface area contributed by atoms with Gasteiger partial charge in [-0.3, -0.25) is 5.32 Å². The molecular formula is C16H33N3O2. The van der Waals surface area contributed by atoms with Crippen LogP contribution in [-0.2, 0) is 0 Å². The third-order valence-electron chi connectivity index (χ3n) is 3.55. The zero-order chi connectivity index (χ0) is 15.8. The molecule has 0 rings (SSSR count). The van der Waals surface area contributed by atoms with Gasteiger partial charge in [0.1, 0.15) is 0 Å². The summed E-state index contributed by atoms with van der Waals surface area (Å²) in [6, 6.07) is -1.33. The van der Waals surface area contributed by atoms with E-state index in [1.807, 2.05) is 5.32 Å². The average molecular weight is 299 g/mol. The molecule has 21 heavy (non-hydrogen) atoms. The Kier molecular flexibility index (Phi) is 14.2. The van der Waals surface area contributed by atoms with Crippen LogP contribution in [0.4, 0.5) is 9.59 Å². The average Bonchev–Trinajstić information content (AvgIpc) is 2.43. The third kappa shape index (κ3) is 16.7. The number of carbonyl (C=O) groups is 2. The molecule has 0 atom stereocenters. The van der Waals surface area contributed by atoms with Gasteiger partial charge in [-0.15, -0.1) is 0 Å². The van der Waals surface area contributed by atoms with E-state index in [0.29, 0.717) is 6.54 Å². The molecule has 0 fully saturated rings. The lowest BCUT2D eigenvalue weighted by molar-refractivity contribution is 0.231. The van der Waals surface area contributed by atoms with Gasteiger partial charge in [-0.25, -0.2) is 9.59 Å². The van der Waals surface area contributed by atoms with Crippen LogP contribution in [0.1, 0.15) is 84.0 Å². The highest BCUT2D eigenvalue weighted by Crippen LogP contribution is 2.11. The fourth-order valence-corrected chi connectivity index (χ4v) is 2.32. The maximum atomic E-state index is 11.0. The Hall–Kier alpha value is -1.26. The van der Waals surface area contributed by atoms with Crippen molar-refractivity contribution in [1.29, 1.82) is 0 Å². The van der Waals surface area contributed by atoms with E-state index in [2.05, 4.69) is 12.2 Å². The molecule has 0 heterocycles. The minimum absolute atomic E-state index is 0.509. The van der Waals surface area contributed by atoms with E-state index in [4.69, 9.17) is 5.73 Å². The van der Waals surface area contributed by atoms with E-state index in [-0.39, 0.29) is 0 Å². The van der Waals surface area contributed by atoms with E-state index in [9.17, 15) is 9.59 Å². The number of rotatable bonds is 13. The van der Waals surface area contributed by atoms with Crippen LogP contribution in [-0.4, -0.2) is 18.6 Å². The lowest BCUT2D eigenvalue weighted by Crippen LogP contribution is -2.42. The van der Waals surface area contributed by atoms with Crippen molar-refractivity contribution in [3.05, 3.63) is 0 Å². The SMILES string of the molecule is CCCCCCCCCCCCCCNC(=O)NC(N)=O. The fraction of sp³-hybridized carbons (Fsp3) is 0.875. The molecule has 0 aromatic heterocycles. The van der Waals surface area contributed by atoms with Crippen molar-refractivity contribution in [1.82, 2.24) is 10.6 Å². The van der Waals surface area contributed by atoms with Gasteiger partial charge in [0.15, 0.2) is 0 Å². The number of imide groups is 1. The van der Waals surface area contributed by atoms with Crippen LogP contribution in [0.25, 0.3) is 0 Å². The molecule has 124 valence electrons. The zero-order valence-electron chi connectivity index (χ0n) is 13.6. The highest BCUT2D eigenvalue weighted by Gasteiger charge is 2.01. The fourth-order valence-electron chi connectivity index (χ4n) is 2.32. The molecule has 0 radical (unpaired) electrons. The van der Waals surface area contributed by atoms with Crippen LogP contribution in [0, 0.1) is 0 Å². The summed E-state index contributed by atoms with van der Waals surface area (Å²) >= 11 is 0. The summed E-state index contributed by atoms with van der Waals surface area (Å²) in [5.74, 6) is 0. The lowest BCUT2D eigenvalue weighted by Gasteiger charge is -2.05. The molecule has 4 N–H and O–H groups in total. The van der Waals surface area contributed by atoms with E-state index in [1.54, 1.807) is 0 Å². The molecule has 0 saturated carbocycles. The number of hydrogen-bond donors (Lipinski definition) is 3. The molecule has 5 heteroatoms. The maximum Gasteiger partial charge on any atom is 0.322 e. The Morgan fingerprint density at radius 2 is 1.19 bits per heavy atom. The summed E-state index contributed by atoms with van der Waals surface area (Å²) in [6.07, 6.45) is 15.5. The Balaban J connectivity index is 3.09. The summed E-state index contributed by atoms with van der Waals surface area (Å²) in [4.78, 5) is 21.4. The number of carbonyl (C=O) groups excluding carboxylic acids is 2. The smallest absolute Gasteiger partial charge is 0.322 e. The molecule has 0 aliphatic heterocycles. The van der Waals surface area contributed by atoms with E-state index in [0.717, 1.165) is 12.8 Å². The van der Waals surface area contributed by atoms with E-state index >= 15 is 0 Å². The van der Waals surface area contributed by atoms with Crippen LogP contribution in [0.5, 0.6) is 0 Å². The van der Waals surface area contributed by atoms with Crippen molar-refractivity contribution in [3.8, 4) is 0 Å². The molecule has 0 spiro atoms. The topological polar surface area (TPSA) is 84.2 Å². The van der Waals surface area contributed by atoms with E-state index in [1.165, 1.54) is 64.2 Å². The van der Waals surface area contributed by atoms with Crippen LogP contribution in [0.3, 0.4) is 0 Å². The molecule has 0 saturated heterocycles. The molecule has 0 bridgehead atoms. The van der Waals surface area contributed by atoms with Crippen LogP contribution >= 0.6 is 0 Å². The van der Waals surface area contributed by atoms with Crippen molar-refractivity contribution in [2.75, 3.05) is 6.54 Å². The minimum Gasteiger partial charge on any atom is -0.351 e. The largest absolute Gasteiger partial charge is 0.351 e. The lowest BCUT2D eigenvalue weighted by atomic mass is 10.1. The number of amides is 4. The van der Waals surface area contributed by atoms with Gasteiger partial charge >= 0.3 is 12.1 Å². The van der Waals surface area contributed by atoms with Crippen molar-refractivity contribution in [2.24, 2.45) is 5.73 Å². The zero-order valence-corrected chi connectivity index (χ0v) is 13.6. The predicted octanol–water partition coefficient (Wildman–Crippen LogP) is 4.07. The van der Waals surface area contributed by atoms with Gasteiger partial charge in [0.2, 0.25) is 0 Å². The molecule has 0 aromatic rings. The van der Waals surface area contributed by atoms with Gasteiger partial charge < -0.3 is 11.1 Å². The summed E-state index contributed by atoms with van der Waals surface area (Å²) in [6.45, 7) is 2.84. The third-order valence-corrected chi connectivity index (χ3v) is 3.55. The summed E-state index contributed by atoms with van der Waals surface area (Å²) < 4.78 is 0. The monoisotopic (exact) mass is 299 g/mol. The highest BCUT2D eigenvalue weighted by atomic mass is 16.2. The number of hydrogen-bond acceptors (Lipinski definition) is 2. The first-order valence-electron chi connectivity index (χ1n) is 8.51. The quantitative estimate of drug-likeness (QED) is 0.448. The molecular weight excluding hydrogens is 266 g/mol. The van der Waals surface area contributed by atoms with Gasteiger partial charge in [0.05, 0.1) is 0 Å². The van der Waals surface area contributed by atoms with Crippen LogP contribution < -0.4 is 16.4 Å². The first-order chi connectivity index (χ1) is 10.2. The molecule has 4 amide bonds. The Morgan fingerprint density at radius 3 is 1.62 bits per heavy atom. The number of primary amides is 1. The van der Waals surface area contributed by atoms with E-state index < -0.39 is 12.1 Å². The summed E-state index contributed by atoms with van der Waals surface area (Å²) in [5.41, 5.74) is 4.83. The van der Waals surface area contributed by atoms with Crippen molar-refractivity contribution < 1.29 is 9.59 Å². The van der Waals surface area contributed by atoms with Crippen molar-refractivity contribution >= 4 is 12.1 Å². The van der Waals surface area contributed by atoms with Gasteiger partial charge in [-0.1, -0.05) is 77.6 Å². The Bertz CT molecular complexity index is 270. The number of unbranched alkanes of at least 4 members (excludes halogenated alkanes) is 11. The molecule has 5 nitrogen and oxygen atoms in total. The number of nitrogens with one attached hydrogen (secondary N) is 2. The molecule has 0 aliphatic carbocycles. The van der Waals surface area contributed by atoms with Crippen LogP contribution in [0.15, 0.2) is 0 Å². The second-order valence-electron chi connectivity index (χ2n) is 5.63. The second-order valence-corrected chi connectivity index (χ2v) is 5.63. The number of urea groups is 2. The predicted molar refractivity (Wildman–Crippen MR) is 87.2 cm³/mol. The van der Waals surface area contributed by atoms with Crippen LogP contribution in [0.2, 0.25) is 0 Å². The normalized spacial score (nSPS) is 10.3. The standard InChI is InChI=1S/C16H33N3O2/c1-2-3-4-5-6-7-8-9-10-11-12-13-14-18-16(21)19-15(17)20/h2-14H2,1H3,(H4,17,18,19,20,21). The Morgan fingerprint density at radius 1 is 0.762 bits per heavy atom. The second kappa shape index (κ2) is 15.1. The van der Waals surface area contributed by atoms with Crippen molar-refractivity contribution in [2.45, 2.75) is 84.0 Å². The van der Waals surface area contributed by atoms with Gasteiger partial charge in [0, 0.05) is 6.54 Å². The maximum absolute atomic E-state index is 11.0.